The van der Waals surface area contributed by atoms with Crippen molar-refractivity contribution >= 4 is 29.0 Å². The highest BCUT2D eigenvalue weighted by molar-refractivity contribution is 7.99. The van der Waals surface area contributed by atoms with Crippen LogP contribution in [0, 0.1) is 0 Å². The van der Waals surface area contributed by atoms with E-state index in [1.165, 1.54) is 35.7 Å². The van der Waals surface area contributed by atoms with Crippen molar-refractivity contribution in [1.82, 2.24) is 19.7 Å². The molecule has 3 heterocycles. The standard InChI is InChI=1S/C20H20N4OS2/c25-18(23-10-9-14-4-1-2-5-15(14)12-23)13-27-20-22-21-19(17-6-3-11-26-17)24(20)16-7-8-16/h1-6,11,16H,7-10,12-13H2. The maximum absolute atomic E-state index is 12.8. The molecule has 1 aliphatic carbocycles. The first-order valence-corrected chi connectivity index (χ1v) is 11.1. The molecule has 0 atom stereocenters. The number of thioether (sulfide) groups is 1. The summed E-state index contributed by atoms with van der Waals surface area (Å²) in [6, 6.07) is 13.0. The second-order valence-electron chi connectivity index (χ2n) is 7.01. The van der Waals surface area contributed by atoms with Crippen LogP contribution in [-0.2, 0) is 17.8 Å². The van der Waals surface area contributed by atoms with Gasteiger partial charge in [0, 0.05) is 19.1 Å². The van der Waals surface area contributed by atoms with Gasteiger partial charge in [-0.25, -0.2) is 0 Å². The molecular formula is C20H20N4OS2. The Balaban J connectivity index is 1.29. The highest BCUT2D eigenvalue weighted by Gasteiger charge is 2.31. The zero-order chi connectivity index (χ0) is 18.2. The maximum atomic E-state index is 12.8. The minimum Gasteiger partial charge on any atom is -0.337 e. The smallest absolute Gasteiger partial charge is 0.233 e. The van der Waals surface area contributed by atoms with Crippen LogP contribution in [0.3, 0.4) is 0 Å². The van der Waals surface area contributed by atoms with Gasteiger partial charge in [0.15, 0.2) is 11.0 Å². The summed E-state index contributed by atoms with van der Waals surface area (Å²) >= 11 is 3.20. The van der Waals surface area contributed by atoms with Crippen LogP contribution < -0.4 is 0 Å². The van der Waals surface area contributed by atoms with Gasteiger partial charge in [0.05, 0.1) is 10.6 Å². The van der Waals surface area contributed by atoms with Gasteiger partial charge in [-0.15, -0.1) is 21.5 Å². The second-order valence-corrected chi connectivity index (χ2v) is 8.90. The molecule has 3 aromatic rings. The summed E-state index contributed by atoms with van der Waals surface area (Å²) < 4.78 is 2.23. The van der Waals surface area contributed by atoms with E-state index in [9.17, 15) is 4.79 Å². The lowest BCUT2D eigenvalue weighted by atomic mass is 10.00. The minimum atomic E-state index is 0.178. The first-order valence-electron chi connectivity index (χ1n) is 9.26. The summed E-state index contributed by atoms with van der Waals surface area (Å²) in [6.45, 7) is 1.51. The van der Waals surface area contributed by atoms with Gasteiger partial charge >= 0.3 is 0 Å². The lowest BCUT2D eigenvalue weighted by molar-refractivity contribution is -0.129. The van der Waals surface area contributed by atoms with Crippen LogP contribution in [0.5, 0.6) is 0 Å². The highest BCUT2D eigenvalue weighted by Crippen LogP contribution is 2.41. The van der Waals surface area contributed by atoms with Gasteiger partial charge in [0.1, 0.15) is 0 Å². The van der Waals surface area contributed by atoms with E-state index in [-0.39, 0.29) is 5.91 Å². The molecule has 138 valence electrons. The Bertz CT molecular complexity index is 962. The van der Waals surface area contributed by atoms with E-state index in [0.717, 1.165) is 28.8 Å². The number of hydrogen-bond donors (Lipinski definition) is 0. The summed E-state index contributed by atoms with van der Waals surface area (Å²) in [4.78, 5) is 15.9. The van der Waals surface area contributed by atoms with E-state index in [2.05, 4.69) is 44.4 Å². The zero-order valence-electron chi connectivity index (χ0n) is 14.9. The van der Waals surface area contributed by atoms with E-state index in [1.807, 2.05) is 17.0 Å². The molecule has 27 heavy (non-hydrogen) atoms. The van der Waals surface area contributed by atoms with Gasteiger partial charge in [0.2, 0.25) is 5.91 Å². The average molecular weight is 397 g/mol. The van der Waals surface area contributed by atoms with Crippen molar-refractivity contribution in [3.05, 3.63) is 52.9 Å². The van der Waals surface area contributed by atoms with Crippen molar-refractivity contribution in [1.29, 1.82) is 0 Å². The van der Waals surface area contributed by atoms with Gasteiger partial charge in [-0.05, 0) is 41.8 Å². The molecule has 1 amide bonds. The van der Waals surface area contributed by atoms with E-state index in [1.54, 1.807) is 11.3 Å². The van der Waals surface area contributed by atoms with E-state index in [0.29, 0.717) is 18.3 Å². The largest absolute Gasteiger partial charge is 0.337 e. The molecule has 2 aromatic heterocycles. The van der Waals surface area contributed by atoms with E-state index >= 15 is 0 Å². The van der Waals surface area contributed by atoms with Crippen molar-refractivity contribution in [3.63, 3.8) is 0 Å². The van der Waals surface area contributed by atoms with Crippen LogP contribution in [-0.4, -0.2) is 37.9 Å². The third-order valence-electron chi connectivity index (χ3n) is 5.13. The molecule has 0 unspecified atom stereocenters. The van der Waals surface area contributed by atoms with E-state index in [4.69, 9.17) is 0 Å². The lowest BCUT2D eigenvalue weighted by Crippen LogP contribution is -2.37. The molecule has 1 aromatic carbocycles. The molecule has 0 N–H and O–H groups in total. The summed E-state index contributed by atoms with van der Waals surface area (Å²) in [7, 11) is 0. The Morgan fingerprint density at radius 3 is 2.78 bits per heavy atom. The molecule has 0 saturated heterocycles. The Morgan fingerprint density at radius 2 is 2.00 bits per heavy atom. The summed E-state index contributed by atoms with van der Waals surface area (Å²) in [5.41, 5.74) is 2.63. The molecule has 1 saturated carbocycles. The fourth-order valence-corrected chi connectivity index (χ4v) is 5.15. The monoisotopic (exact) mass is 396 g/mol. The first kappa shape index (κ1) is 17.0. The Hall–Kier alpha value is -2.12. The van der Waals surface area contributed by atoms with Crippen LogP contribution in [0.25, 0.3) is 10.7 Å². The number of amides is 1. The van der Waals surface area contributed by atoms with Crippen LogP contribution in [0.2, 0.25) is 0 Å². The SMILES string of the molecule is O=C(CSc1nnc(-c2cccs2)n1C1CC1)N1CCc2ccccc2C1. The zero-order valence-corrected chi connectivity index (χ0v) is 16.5. The normalized spacial score (nSPS) is 16.4. The number of hydrogen-bond acceptors (Lipinski definition) is 5. The average Bonchev–Trinajstić information content (AvgIpc) is 3.23. The van der Waals surface area contributed by atoms with Crippen molar-refractivity contribution in [2.75, 3.05) is 12.3 Å². The number of aromatic nitrogens is 3. The minimum absolute atomic E-state index is 0.178. The number of thiophene rings is 1. The number of nitrogens with zero attached hydrogens (tertiary/aromatic N) is 4. The molecule has 0 radical (unpaired) electrons. The number of carbonyl (C=O) groups is 1. The summed E-state index contributed by atoms with van der Waals surface area (Å²) in [5.74, 6) is 1.53. The third-order valence-corrected chi connectivity index (χ3v) is 6.92. The van der Waals surface area contributed by atoms with Gasteiger partial charge in [-0.1, -0.05) is 42.1 Å². The van der Waals surface area contributed by atoms with Crippen LogP contribution in [0.15, 0.2) is 46.9 Å². The number of benzene rings is 1. The molecule has 7 heteroatoms. The van der Waals surface area contributed by atoms with Gasteiger partial charge < -0.3 is 4.90 Å². The molecule has 1 fully saturated rings. The van der Waals surface area contributed by atoms with Gasteiger partial charge in [-0.3, -0.25) is 9.36 Å². The fourth-order valence-electron chi connectivity index (χ4n) is 3.54. The topological polar surface area (TPSA) is 51.0 Å². The van der Waals surface area contributed by atoms with Gasteiger partial charge in [0.25, 0.3) is 0 Å². The molecule has 1 aliphatic heterocycles. The lowest BCUT2D eigenvalue weighted by Gasteiger charge is -2.28. The number of fused-ring (bicyclic) bond motifs is 1. The molecular weight excluding hydrogens is 376 g/mol. The maximum Gasteiger partial charge on any atom is 0.233 e. The third kappa shape index (κ3) is 3.41. The van der Waals surface area contributed by atoms with Crippen LogP contribution >= 0.6 is 23.1 Å². The highest BCUT2D eigenvalue weighted by atomic mass is 32.2. The quantitative estimate of drug-likeness (QED) is 0.611. The summed E-state index contributed by atoms with van der Waals surface area (Å²) in [6.07, 6.45) is 3.27. The molecule has 0 bridgehead atoms. The molecule has 0 spiro atoms. The predicted molar refractivity (Wildman–Crippen MR) is 108 cm³/mol. The second kappa shape index (κ2) is 7.13. The first-order chi connectivity index (χ1) is 13.3. The van der Waals surface area contributed by atoms with Crippen LogP contribution in [0.1, 0.15) is 30.0 Å². The predicted octanol–water partition coefficient (Wildman–Crippen LogP) is 4.02. The fraction of sp³-hybridized carbons (Fsp3) is 0.350. The number of carbonyl (C=O) groups excluding carboxylic acids is 1. The van der Waals surface area contributed by atoms with E-state index < -0.39 is 0 Å². The van der Waals surface area contributed by atoms with Crippen molar-refractivity contribution in [2.45, 2.75) is 37.0 Å². The Labute approximate surface area is 166 Å². The Kier molecular flexibility index (Phi) is 4.49. The van der Waals surface area contributed by atoms with Crippen molar-refractivity contribution in [3.8, 4) is 10.7 Å². The van der Waals surface area contributed by atoms with Crippen molar-refractivity contribution in [2.24, 2.45) is 0 Å². The molecule has 2 aliphatic rings. The summed E-state index contributed by atoms with van der Waals surface area (Å²) in [5, 5.41) is 11.7. The molecule has 5 rings (SSSR count). The van der Waals surface area contributed by atoms with Gasteiger partial charge in [-0.2, -0.15) is 0 Å². The van der Waals surface area contributed by atoms with Crippen LogP contribution in [0.4, 0.5) is 0 Å². The number of rotatable bonds is 5. The Morgan fingerprint density at radius 1 is 1.15 bits per heavy atom. The van der Waals surface area contributed by atoms with Crippen molar-refractivity contribution < 1.29 is 4.79 Å². The molecule has 5 nitrogen and oxygen atoms in total.